The van der Waals surface area contributed by atoms with Crippen LogP contribution in [0, 0.1) is 0 Å². The topological polar surface area (TPSA) is 62.7 Å². The van der Waals surface area contributed by atoms with Crippen LogP contribution in [0.15, 0.2) is 18.3 Å². The number of carbonyl (C=O) groups is 1. The van der Waals surface area contributed by atoms with Gasteiger partial charge in [0.25, 0.3) is 0 Å². The van der Waals surface area contributed by atoms with E-state index in [-0.39, 0.29) is 5.97 Å². The van der Waals surface area contributed by atoms with E-state index in [4.69, 9.17) is 4.74 Å². The Labute approximate surface area is 113 Å². The van der Waals surface area contributed by atoms with E-state index in [1.807, 2.05) is 11.8 Å². The number of carbonyl (C=O) groups excluding carboxylic acids is 1. The van der Waals surface area contributed by atoms with Crippen molar-refractivity contribution in [3.05, 3.63) is 23.9 Å². The van der Waals surface area contributed by atoms with Crippen LogP contribution < -0.4 is 4.90 Å². The fourth-order valence-electron chi connectivity index (χ4n) is 2.22. The average molecular weight is 264 g/mol. The minimum absolute atomic E-state index is 0.345. The van der Waals surface area contributed by atoms with Crippen molar-refractivity contribution in [2.24, 2.45) is 0 Å². The first-order valence-corrected chi connectivity index (χ1v) is 6.63. The summed E-state index contributed by atoms with van der Waals surface area (Å²) >= 11 is 0. The molecule has 0 spiro atoms. The highest BCUT2D eigenvalue weighted by Crippen LogP contribution is 2.26. The molecule has 104 valence electrons. The van der Waals surface area contributed by atoms with Gasteiger partial charge in [-0.2, -0.15) is 0 Å². The van der Waals surface area contributed by atoms with Gasteiger partial charge in [-0.1, -0.05) is 0 Å². The second kappa shape index (κ2) is 5.57. The highest BCUT2D eigenvalue weighted by Gasteiger charge is 2.29. The lowest BCUT2D eigenvalue weighted by Gasteiger charge is -2.36. The fraction of sp³-hybridized carbons (Fsp3) is 0.571. The van der Waals surface area contributed by atoms with Gasteiger partial charge in [-0.25, -0.2) is 9.78 Å². The van der Waals surface area contributed by atoms with Crippen LogP contribution in [-0.2, 0) is 4.74 Å². The average Bonchev–Trinajstić information content (AvgIpc) is 2.39. The molecule has 1 aromatic heterocycles. The lowest BCUT2D eigenvalue weighted by atomic mass is 9.93. The smallest absolute Gasteiger partial charge is 0.341 e. The van der Waals surface area contributed by atoms with Crippen molar-refractivity contribution in [1.82, 2.24) is 4.98 Å². The number of esters is 1. The van der Waals surface area contributed by atoms with Gasteiger partial charge in [0.15, 0.2) is 0 Å². The van der Waals surface area contributed by atoms with Gasteiger partial charge in [-0.15, -0.1) is 0 Å². The van der Waals surface area contributed by atoms with Crippen molar-refractivity contribution in [2.75, 3.05) is 24.6 Å². The maximum Gasteiger partial charge on any atom is 0.341 e. The Morgan fingerprint density at radius 2 is 2.21 bits per heavy atom. The van der Waals surface area contributed by atoms with Crippen LogP contribution in [0.1, 0.15) is 37.0 Å². The highest BCUT2D eigenvalue weighted by atomic mass is 16.5. The minimum atomic E-state index is -0.616. The molecule has 1 saturated heterocycles. The van der Waals surface area contributed by atoms with Crippen molar-refractivity contribution in [3.63, 3.8) is 0 Å². The molecule has 0 unspecified atom stereocenters. The second-order valence-corrected chi connectivity index (χ2v) is 5.08. The van der Waals surface area contributed by atoms with Crippen molar-refractivity contribution in [1.29, 1.82) is 0 Å². The third kappa shape index (κ3) is 3.23. The van der Waals surface area contributed by atoms with Gasteiger partial charge in [0.1, 0.15) is 11.4 Å². The number of pyridine rings is 1. The van der Waals surface area contributed by atoms with Crippen molar-refractivity contribution in [2.45, 2.75) is 32.3 Å². The number of piperidine rings is 1. The molecule has 0 bridgehead atoms. The van der Waals surface area contributed by atoms with Gasteiger partial charge < -0.3 is 14.7 Å². The maximum atomic E-state index is 11.9. The monoisotopic (exact) mass is 264 g/mol. The number of hydrogen-bond donors (Lipinski definition) is 1. The maximum absolute atomic E-state index is 11.9. The Bertz CT molecular complexity index is 450. The largest absolute Gasteiger partial charge is 0.462 e. The first kappa shape index (κ1) is 13.8. The van der Waals surface area contributed by atoms with E-state index < -0.39 is 5.60 Å². The molecule has 1 aliphatic heterocycles. The summed E-state index contributed by atoms with van der Waals surface area (Å²) < 4.78 is 5.05. The van der Waals surface area contributed by atoms with E-state index in [0.717, 1.165) is 0 Å². The van der Waals surface area contributed by atoms with E-state index in [9.17, 15) is 9.90 Å². The van der Waals surface area contributed by atoms with Crippen LogP contribution in [0.25, 0.3) is 0 Å². The van der Waals surface area contributed by atoms with Crippen molar-refractivity contribution in [3.8, 4) is 0 Å². The molecule has 0 aliphatic carbocycles. The molecule has 1 aliphatic rings. The summed E-state index contributed by atoms with van der Waals surface area (Å²) in [5.74, 6) is 0.305. The fourth-order valence-corrected chi connectivity index (χ4v) is 2.22. The molecule has 0 radical (unpaired) electrons. The third-order valence-corrected chi connectivity index (χ3v) is 3.42. The van der Waals surface area contributed by atoms with Crippen molar-refractivity contribution < 1.29 is 14.6 Å². The van der Waals surface area contributed by atoms with Gasteiger partial charge in [0.05, 0.1) is 12.2 Å². The van der Waals surface area contributed by atoms with Gasteiger partial charge >= 0.3 is 5.97 Å². The Balaban J connectivity index is 2.19. The number of aliphatic hydroxyl groups is 1. The van der Waals surface area contributed by atoms with E-state index >= 15 is 0 Å². The predicted molar refractivity (Wildman–Crippen MR) is 72.3 cm³/mol. The summed E-state index contributed by atoms with van der Waals surface area (Å²) in [6.07, 6.45) is 3.02. The van der Waals surface area contributed by atoms with E-state index in [1.54, 1.807) is 25.3 Å². The number of ether oxygens (including phenoxy) is 1. The normalized spacial score (nSPS) is 18.2. The first-order chi connectivity index (χ1) is 9.03. The van der Waals surface area contributed by atoms with Crippen LogP contribution in [-0.4, -0.2) is 41.4 Å². The first-order valence-electron chi connectivity index (χ1n) is 6.63. The Morgan fingerprint density at radius 1 is 1.53 bits per heavy atom. The Morgan fingerprint density at radius 3 is 2.84 bits per heavy atom. The van der Waals surface area contributed by atoms with Gasteiger partial charge in [-0.05, 0) is 38.8 Å². The molecule has 1 N–H and O–H groups in total. The molecular formula is C14H20N2O3. The number of aromatic nitrogens is 1. The highest BCUT2D eigenvalue weighted by molar-refractivity contribution is 5.94. The van der Waals surface area contributed by atoms with Gasteiger partial charge in [0, 0.05) is 19.3 Å². The van der Waals surface area contributed by atoms with E-state index in [2.05, 4.69) is 4.98 Å². The molecule has 0 amide bonds. The molecule has 1 fully saturated rings. The molecule has 5 heteroatoms. The molecule has 5 nitrogen and oxygen atoms in total. The summed E-state index contributed by atoms with van der Waals surface area (Å²) in [5.41, 5.74) is -0.124. The molecule has 0 atom stereocenters. The van der Waals surface area contributed by atoms with Crippen LogP contribution >= 0.6 is 0 Å². The zero-order chi connectivity index (χ0) is 13.9. The van der Waals surface area contributed by atoms with E-state index in [1.165, 1.54) is 0 Å². The summed E-state index contributed by atoms with van der Waals surface area (Å²) in [4.78, 5) is 18.2. The second-order valence-electron chi connectivity index (χ2n) is 5.08. The molecule has 2 rings (SSSR count). The summed E-state index contributed by atoms with van der Waals surface area (Å²) in [7, 11) is 0. The lowest BCUT2D eigenvalue weighted by molar-refractivity contribution is 0.0349. The number of anilines is 1. The SMILES string of the molecule is CCOC(=O)c1cccnc1N1CCC(C)(O)CC1. The number of rotatable bonds is 3. The summed E-state index contributed by atoms with van der Waals surface area (Å²) in [6.45, 7) is 5.36. The molecule has 2 heterocycles. The van der Waals surface area contributed by atoms with Crippen LogP contribution in [0.3, 0.4) is 0 Å². The minimum Gasteiger partial charge on any atom is -0.462 e. The van der Waals surface area contributed by atoms with Crippen LogP contribution in [0.4, 0.5) is 5.82 Å². The zero-order valence-corrected chi connectivity index (χ0v) is 11.4. The number of nitrogens with zero attached hydrogens (tertiary/aromatic N) is 2. The van der Waals surface area contributed by atoms with Crippen LogP contribution in [0.5, 0.6) is 0 Å². The van der Waals surface area contributed by atoms with Crippen molar-refractivity contribution >= 4 is 11.8 Å². The zero-order valence-electron chi connectivity index (χ0n) is 11.4. The molecule has 1 aromatic rings. The van der Waals surface area contributed by atoms with Gasteiger partial charge in [-0.3, -0.25) is 0 Å². The third-order valence-electron chi connectivity index (χ3n) is 3.42. The Kier molecular flexibility index (Phi) is 4.04. The molecule has 0 saturated carbocycles. The summed E-state index contributed by atoms with van der Waals surface area (Å²) in [5, 5.41) is 9.96. The van der Waals surface area contributed by atoms with E-state index in [0.29, 0.717) is 43.9 Å². The van der Waals surface area contributed by atoms with Crippen LogP contribution in [0.2, 0.25) is 0 Å². The Hall–Kier alpha value is -1.62. The summed E-state index contributed by atoms with van der Waals surface area (Å²) in [6, 6.07) is 3.46. The predicted octanol–water partition coefficient (Wildman–Crippen LogP) is 1.61. The quantitative estimate of drug-likeness (QED) is 0.840. The molecule has 19 heavy (non-hydrogen) atoms. The lowest BCUT2D eigenvalue weighted by Crippen LogP contribution is -2.43. The molecule has 0 aromatic carbocycles. The van der Waals surface area contributed by atoms with Gasteiger partial charge in [0.2, 0.25) is 0 Å². The molecular weight excluding hydrogens is 244 g/mol. The standard InChI is InChI=1S/C14H20N2O3/c1-3-19-13(17)11-5-4-8-15-12(11)16-9-6-14(2,18)7-10-16/h4-5,8,18H,3,6-7,9-10H2,1-2H3. The number of hydrogen-bond acceptors (Lipinski definition) is 5.